The van der Waals surface area contributed by atoms with Crippen molar-refractivity contribution in [1.29, 1.82) is 0 Å². The van der Waals surface area contributed by atoms with Gasteiger partial charge in [0.25, 0.3) is 5.79 Å². The highest BCUT2D eigenvalue weighted by Gasteiger charge is 2.59. The molecular formula is C22H30N6O11. The molecule has 17 heteroatoms. The number of azide groups is 2. The van der Waals surface area contributed by atoms with E-state index in [1.165, 1.54) is 6.92 Å². The quantitative estimate of drug-likeness (QED) is 0.126. The highest BCUT2D eigenvalue weighted by molar-refractivity contribution is 5.76. The number of aliphatic hydroxyl groups excluding tert-OH is 5. The van der Waals surface area contributed by atoms with E-state index in [0.29, 0.717) is 0 Å². The summed E-state index contributed by atoms with van der Waals surface area (Å²) < 4.78 is 22.4. The third-order valence-electron chi connectivity index (χ3n) is 6.48. The fourth-order valence-electron chi connectivity index (χ4n) is 4.45. The van der Waals surface area contributed by atoms with Gasteiger partial charge in [0.1, 0.15) is 30.2 Å². The van der Waals surface area contributed by atoms with E-state index >= 15 is 0 Å². The van der Waals surface area contributed by atoms with Gasteiger partial charge in [-0.15, -0.1) is 0 Å². The Morgan fingerprint density at radius 1 is 1.21 bits per heavy atom. The van der Waals surface area contributed by atoms with Crippen LogP contribution in [0, 0.1) is 6.92 Å². The van der Waals surface area contributed by atoms with Crippen molar-refractivity contribution in [2.24, 2.45) is 10.2 Å². The van der Waals surface area contributed by atoms with Gasteiger partial charge in [0.05, 0.1) is 37.0 Å². The molecule has 2 saturated heterocycles. The van der Waals surface area contributed by atoms with Gasteiger partial charge in [-0.1, -0.05) is 27.9 Å². The average Bonchev–Trinajstić information content (AvgIpc) is 2.89. The van der Waals surface area contributed by atoms with Gasteiger partial charge in [-0.25, -0.2) is 4.79 Å². The van der Waals surface area contributed by atoms with Gasteiger partial charge >= 0.3 is 5.97 Å². The monoisotopic (exact) mass is 554 g/mol. The summed E-state index contributed by atoms with van der Waals surface area (Å²) in [5, 5.41) is 69.4. The Hall–Kier alpha value is -3.21. The maximum atomic E-state index is 12.5. The van der Waals surface area contributed by atoms with E-state index in [2.05, 4.69) is 20.1 Å². The number of aliphatic hydroxyl groups is 5. The number of carboxylic acid groups (broad SMARTS) is 1. The molecule has 2 fully saturated rings. The third kappa shape index (κ3) is 6.51. The van der Waals surface area contributed by atoms with E-state index in [0.717, 1.165) is 5.56 Å². The highest BCUT2D eigenvalue weighted by atomic mass is 16.7. The molecule has 2 aliphatic rings. The Kier molecular flexibility index (Phi) is 9.93. The molecule has 0 spiro atoms. The molecule has 0 aromatic heterocycles. The van der Waals surface area contributed by atoms with E-state index < -0.39 is 85.9 Å². The lowest BCUT2D eigenvalue weighted by molar-refractivity contribution is -0.357. The van der Waals surface area contributed by atoms with Crippen molar-refractivity contribution in [3.05, 3.63) is 50.7 Å². The molecule has 2 aliphatic heterocycles. The molecule has 3 unspecified atom stereocenters. The van der Waals surface area contributed by atoms with Crippen LogP contribution in [0.1, 0.15) is 18.9 Å². The first-order valence-corrected chi connectivity index (χ1v) is 11.9. The van der Waals surface area contributed by atoms with Crippen LogP contribution in [0.25, 0.3) is 20.9 Å². The predicted octanol–water partition coefficient (Wildman–Crippen LogP) is -0.133. The summed E-state index contributed by atoms with van der Waals surface area (Å²) in [7, 11) is 0. The Morgan fingerprint density at radius 2 is 1.87 bits per heavy atom. The lowest BCUT2D eigenvalue weighted by Gasteiger charge is -2.49. The molecule has 0 saturated carbocycles. The fourth-order valence-corrected chi connectivity index (χ4v) is 4.45. The number of hydrogen-bond donors (Lipinski definition) is 6. The van der Waals surface area contributed by atoms with Crippen molar-refractivity contribution >= 4 is 5.97 Å². The second kappa shape index (κ2) is 12.8. The number of aliphatic carboxylic acids is 1. The molecule has 0 amide bonds. The number of rotatable bonds is 10. The van der Waals surface area contributed by atoms with Gasteiger partial charge in [0.2, 0.25) is 6.29 Å². The van der Waals surface area contributed by atoms with Gasteiger partial charge in [-0.3, -0.25) is 0 Å². The van der Waals surface area contributed by atoms with Crippen LogP contribution in [-0.4, -0.2) is 110 Å². The molecule has 17 nitrogen and oxygen atoms in total. The topological polar surface area (TPSA) is 273 Å². The van der Waals surface area contributed by atoms with Crippen LogP contribution in [0.15, 0.2) is 34.5 Å². The molecule has 0 bridgehead atoms. The van der Waals surface area contributed by atoms with Gasteiger partial charge in [-0.2, -0.15) is 0 Å². The number of carbonyl (C=O) groups is 1. The van der Waals surface area contributed by atoms with Crippen LogP contribution in [0.3, 0.4) is 0 Å². The van der Waals surface area contributed by atoms with E-state index in [4.69, 9.17) is 30.0 Å². The molecular weight excluding hydrogens is 524 g/mol. The second-order valence-electron chi connectivity index (χ2n) is 9.26. The van der Waals surface area contributed by atoms with E-state index in [1.54, 1.807) is 24.3 Å². The number of ether oxygens (including phenoxy) is 4. The van der Waals surface area contributed by atoms with E-state index in [9.17, 15) is 35.4 Å². The summed E-state index contributed by atoms with van der Waals surface area (Å²) in [5.74, 6) is -4.39. The summed E-state index contributed by atoms with van der Waals surface area (Å²) in [6.45, 7) is 2.27. The highest BCUT2D eigenvalue weighted by Crippen LogP contribution is 2.39. The van der Waals surface area contributed by atoms with Gasteiger partial charge in [0.15, 0.2) is 0 Å². The summed E-state index contributed by atoms with van der Waals surface area (Å²) in [4.78, 5) is 17.7. The maximum Gasteiger partial charge on any atom is 0.364 e. The Morgan fingerprint density at radius 3 is 2.41 bits per heavy atom. The van der Waals surface area contributed by atoms with Crippen LogP contribution in [-0.2, 0) is 19.0 Å². The number of hydrogen-bond acceptors (Lipinski definition) is 12. The molecule has 3 rings (SSSR count). The van der Waals surface area contributed by atoms with Crippen molar-refractivity contribution in [3.8, 4) is 5.75 Å². The van der Waals surface area contributed by atoms with Crippen molar-refractivity contribution in [2.75, 3.05) is 6.61 Å². The molecule has 11 atom stereocenters. The first kappa shape index (κ1) is 30.3. The average molecular weight is 555 g/mol. The zero-order valence-electron chi connectivity index (χ0n) is 20.9. The minimum atomic E-state index is -2.82. The van der Waals surface area contributed by atoms with Crippen LogP contribution in [0.5, 0.6) is 5.75 Å². The van der Waals surface area contributed by atoms with Crippen LogP contribution in [0.2, 0.25) is 0 Å². The third-order valence-corrected chi connectivity index (χ3v) is 6.48. The lowest BCUT2D eigenvalue weighted by Crippen LogP contribution is -2.68. The second-order valence-corrected chi connectivity index (χ2v) is 9.26. The van der Waals surface area contributed by atoms with Gasteiger partial charge in [0, 0.05) is 16.2 Å². The minimum Gasteiger partial charge on any atom is -0.477 e. The largest absolute Gasteiger partial charge is 0.477 e. The molecule has 1 aromatic rings. The van der Waals surface area contributed by atoms with Crippen LogP contribution in [0.4, 0.5) is 0 Å². The smallest absolute Gasteiger partial charge is 0.364 e. The first-order valence-electron chi connectivity index (χ1n) is 11.9. The molecule has 1 aromatic carbocycles. The number of carboxylic acids is 1. The Balaban J connectivity index is 1.98. The molecule has 39 heavy (non-hydrogen) atoms. The van der Waals surface area contributed by atoms with E-state index in [1.807, 2.05) is 6.92 Å². The van der Waals surface area contributed by atoms with Crippen LogP contribution < -0.4 is 4.74 Å². The normalized spacial score (nSPS) is 36.1. The Bertz CT molecular complexity index is 1080. The lowest BCUT2D eigenvalue weighted by atomic mass is 9.88. The van der Waals surface area contributed by atoms with Crippen molar-refractivity contribution < 1.29 is 54.4 Å². The summed E-state index contributed by atoms with van der Waals surface area (Å²) in [6.07, 6.45) is -14.2. The Labute approximate surface area is 221 Å². The molecule has 214 valence electrons. The van der Waals surface area contributed by atoms with Crippen LogP contribution >= 0.6 is 0 Å². The minimum absolute atomic E-state index is 0.250. The van der Waals surface area contributed by atoms with Gasteiger partial charge < -0.3 is 49.6 Å². The number of aryl methyl sites for hydroxylation is 1. The first-order chi connectivity index (χ1) is 18.5. The zero-order valence-corrected chi connectivity index (χ0v) is 20.9. The molecule has 6 N–H and O–H groups in total. The SMILES string of the molecule is Cc1ccc(O[C@@H]2OC(CO)[C@H](O)[C@H](O[C@]3(C(=O)O)C[C@@H](O)[C@@H](N=[N+]=[N-])C([C@H](N=[N+]=[N-])[C@@H](C)O)O3)C2O)cc1. The van der Waals surface area contributed by atoms with Gasteiger partial charge in [-0.05, 0) is 37.0 Å². The summed E-state index contributed by atoms with van der Waals surface area (Å²) in [6, 6.07) is 3.53. The predicted molar refractivity (Wildman–Crippen MR) is 128 cm³/mol. The van der Waals surface area contributed by atoms with Crippen molar-refractivity contribution in [2.45, 2.75) is 87.2 Å². The summed E-state index contributed by atoms with van der Waals surface area (Å²) >= 11 is 0. The van der Waals surface area contributed by atoms with E-state index in [-0.39, 0.29) is 5.75 Å². The maximum absolute atomic E-state index is 12.5. The molecule has 2 heterocycles. The van der Waals surface area contributed by atoms with Crippen molar-refractivity contribution in [3.63, 3.8) is 0 Å². The standard InChI is InChI=1S/C22H30N6O11/c1-9-3-5-11(6-4-9)36-20-17(33)19(16(32)13(8-29)37-20)39-22(21(34)35)7-12(31)15(26-28-24)18(38-22)14(10(2)30)25-27-23/h3-6,10,12-20,29-33H,7-8H2,1-2H3,(H,34,35)/t10-,12-,13?,14-,15-,16+,17?,18?,19+,20-,22+/m1/s1. The zero-order chi connectivity index (χ0) is 28.9. The number of benzene rings is 1. The fraction of sp³-hybridized carbons (Fsp3) is 0.682. The number of nitrogens with zero attached hydrogens (tertiary/aromatic N) is 6. The molecule has 0 aliphatic carbocycles. The summed E-state index contributed by atoms with van der Waals surface area (Å²) in [5.41, 5.74) is 18.8. The molecule has 0 radical (unpaired) electrons. The van der Waals surface area contributed by atoms with Crippen molar-refractivity contribution in [1.82, 2.24) is 0 Å².